The summed E-state index contributed by atoms with van der Waals surface area (Å²) >= 11 is 3.07. The number of ether oxygens (including phenoxy) is 1. The monoisotopic (exact) mass is 286 g/mol. The maximum atomic E-state index is 11.0. The second-order valence-electron chi connectivity index (χ2n) is 2.96. The van der Waals surface area contributed by atoms with Gasteiger partial charge in [0, 0.05) is 6.08 Å². The van der Waals surface area contributed by atoms with E-state index in [1.165, 1.54) is 18.2 Å². The number of hydrogen-bond acceptors (Lipinski definition) is 4. The van der Waals surface area contributed by atoms with Crippen molar-refractivity contribution in [2.75, 3.05) is 6.61 Å². The molecule has 2 N–H and O–H groups in total. The summed E-state index contributed by atoms with van der Waals surface area (Å²) in [6.07, 6.45) is 2.74. The number of carbonyl (C=O) groups excluding carboxylic acids is 1. The largest absolute Gasteiger partial charge is 0.504 e. The predicted molar refractivity (Wildman–Crippen MR) is 63.1 cm³/mol. The Morgan fingerprint density at radius 2 is 2.19 bits per heavy atom. The number of halogens is 1. The van der Waals surface area contributed by atoms with Gasteiger partial charge in [0.05, 0.1) is 11.1 Å². The van der Waals surface area contributed by atoms with Crippen LogP contribution in [0.25, 0.3) is 6.08 Å². The predicted octanol–water partition coefficient (Wildman–Crippen LogP) is 2.44. The Bertz CT molecular complexity index is 403. The van der Waals surface area contributed by atoms with Crippen LogP contribution in [0, 0.1) is 0 Å². The first-order valence-corrected chi connectivity index (χ1v) is 5.40. The van der Waals surface area contributed by atoms with Crippen molar-refractivity contribution in [2.45, 2.75) is 6.92 Å². The van der Waals surface area contributed by atoms with Gasteiger partial charge in [-0.05, 0) is 46.6 Å². The second-order valence-corrected chi connectivity index (χ2v) is 3.81. The molecule has 0 atom stereocenters. The van der Waals surface area contributed by atoms with E-state index in [9.17, 15) is 15.0 Å². The number of carbonyl (C=O) groups is 1. The molecule has 16 heavy (non-hydrogen) atoms. The van der Waals surface area contributed by atoms with Gasteiger partial charge in [-0.2, -0.15) is 0 Å². The normalized spacial score (nSPS) is 10.6. The van der Waals surface area contributed by atoms with E-state index < -0.39 is 5.97 Å². The molecule has 0 radical (unpaired) electrons. The second kappa shape index (κ2) is 5.55. The third-order valence-electron chi connectivity index (χ3n) is 1.76. The van der Waals surface area contributed by atoms with E-state index >= 15 is 0 Å². The van der Waals surface area contributed by atoms with Crippen molar-refractivity contribution in [3.05, 3.63) is 28.2 Å². The molecule has 0 bridgehead atoms. The highest BCUT2D eigenvalue weighted by atomic mass is 79.9. The molecule has 0 saturated carbocycles. The molecular formula is C11H11BrO4. The van der Waals surface area contributed by atoms with Gasteiger partial charge in [-0.15, -0.1) is 0 Å². The minimum absolute atomic E-state index is 0.228. The van der Waals surface area contributed by atoms with E-state index in [4.69, 9.17) is 4.74 Å². The fourth-order valence-electron chi connectivity index (χ4n) is 1.06. The molecular weight excluding hydrogens is 276 g/mol. The zero-order valence-electron chi connectivity index (χ0n) is 8.61. The van der Waals surface area contributed by atoms with Crippen LogP contribution < -0.4 is 0 Å². The Morgan fingerprint density at radius 1 is 1.50 bits per heavy atom. The van der Waals surface area contributed by atoms with Gasteiger partial charge in [0.15, 0.2) is 11.5 Å². The SMILES string of the molecule is CCOC(=O)/C=C/c1cc(O)c(O)c(Br)c1. The third kappa shape index (κ3) is 3.27. The maximum absolute atomic E-state index is 11.0. The summed E-state index contributed by atoms with van der Waals surface area (Å²) in [7, 11) is 0. The van der Waals surface area contributed by atoms with Crippen LogP contribution in [0.3, 0.4) is 0 Å². The number of phenolic OH excluding ortho intramolecular Hbond substituents is 2. The third-order valence-corrected chi connectivity index (χ3v) is 2.37. The maximum Gasteiger partial charge on any atom is 0.330 e. The molecule has 0 unspecified atom stereocenters. The highest BCUT2D eigenvalue weighted by Gasteiger charge is 2.05. The Morgan fingerprint density at radius 3 is 2.75 bits per heavy atom. The molecule has 1 aromatic carbocycles. The average molecular weight is 287 g/mol. The zero-order valence-corrected chi connectivity index (χ0v) is 10.2. The molecule has 1 rings (SSSR count). The molecule has 86 valence electrons. The molecule has 0 heterocycles. The van der Waals surface area contributed by atoms with Gasteiger partial charge in [-0.25, -0.2) is 4.79 Å². The van der Waals surface area contributed by atoms with Crippen molar-refractivity contribution >= 4 is 28.0 Å². The van der Waals surface area contributed by atoms with Gasteiger partial charge in [-0.1, -0.05) is 0 Å². The van der Waals surface area contributed by atoms with Crippen LogP contribution in [0.4, 0.5) is 0 Å². The van der Waals surface area contributed by atoms with Crippen LogP contribution in [0.5, 0.6) is 11.5 Å². The molecule has 0 aliphatic heterocycles. The van der Waals surface area contributed by atoms with Gasteiger partial charge >= 0.3 is 5.97 Å². The quantitative estimate of drug-likeness (QED) is 0.509. The van der Waals surface area contributed by atoms with Gasteiger partial charge in [-0.3, -0.25) is 0 Å². The summed E-state index contributed by atoms with van der Waals surface area (Å²) in [5.74, 6) is -0.933. The summed E-state index contributed by atoms with van der Waals surface area (Å²) < 4.78 is 5.06. The smallest absolute Gasteiger partial charge is 0.330 e. The van der Waals surface area contributed by atoms with E-state index in [1.54, 1.807) is 13.0 Å². The lowest BCUT2D eigenvalue weighted by Gasteiger charge is -2.02. The summed E-state index contributed by atoms with van der Waals surface area (Å²) in [6, 6.07) is 2.92. The minimum Gasteiger partial charge on any atom is -0.504 e. The number of esters is 1. The first kappa shape index (κ1) is 12.6. The van der Waals surface area contributed by atoms with Crippen LogP contribution in [-0.4, -0.2) is 22.8 Å². The number of rotatable bonds is 3. The fourth-order valence-corrected chi connectivity index (χ4v) is 1.52. The van der Waals surface area contributed by atoms with Crippen molar-refractivity contribution in [1.82, 2.24) is 0 Å². The number of aromatic hydroxyl groups is 2. The molecule has 0 saturated heterocycles. The van der Waals surface area contributed by atoms with Crippen molar-refractivity contribution in [3.8, 4) is 11.5 Å². The lowest BCUT2D eigenvalue weighted by Crippen LogP contribution is -1.98. The number of benzene rings is 1. The summed E-state index contributed by atoms with van der Waals surface area (Å²) in [4.78, 5) is 11.0. The van der Waals surface area contributed by atoms with Crippen LogP contribution in [0.1, 0.15) is 12.5 Å². The van der Waals surface area contributed by atoms with Crippen LogP contribution in [0.15, 0.2) is 22.7 Å². The van der Waals surface area contributed by atoms with Gasteiger partial charge in [0.25, 0.3) is 0 Å². The Hall–Kier alpha value is -1.49. The molecule has 0 aliphatic carbocycles. The minimum atomic E-state index is -0.453. The van der Waals surface area contributed by atoms with Crippen LogP contribution >= 0.6 is 15.9 Å². The highest BCUT2D eigenvalue weighted by molar-refractivity contribution is 9.10. The van der Waals surface area contributed by atoms with E-state index in [1.807, 2.05) is 0 Å². The first-order valence-electron chi connectivity index (χ1n) is 4.61. The van der Waals surface area contributed by atoms with E-state index in [2.05, 4.69) is 15.9 Å². The zero-order chi connectivity index (χ0) is 12.1. The van der Waals surface area contributed by atoms with Crippen LogP contribution in [-0.2, 0) is 9.53 Å². The standard InChI is InChI=1S/C11H11BrO4/c1-2-16-10(14)4-3-7-5-8(12)11(15)9(13)6-7/h3-6,13,15H,2H2,1H3/b4-3+. The molecule has 0 amide bonds. The highest BCUT2D eigenvalue weighted by Crippen LogP contribution is 2.34. The molecule has 4 nitrogen and oxygen atoms in total. The van der Waals surface area contributed by atoms with E-state index in [0.717, 1.165) is 0 Å². The van der Waals surface area contributed by atoms with Gasteiger partial charge in [0.2, 0.25) is 0 Å². The molecule has 0 fully saturated rings. The lowest BCUT2D eigenvalue weighted by molar-refractivity contribution is -0.137. The molecule has 0 aliphatic rings. The van der Waals surface area contributed by atoms with Crippen LogP contribution in [0.2, 0.25) is 0 Å². The van der Waals surface area contributed by atoms with Crippen molar-refractivity contribution in [3.63, 3.8) is 0 Å². The van der Waals surface area contributed by atoms with Crippen molar-refractivity contribution in [2.24, 2.45) is 0 Å². The number of phenols is 2. The molecule has 5 heteroatoms. The Labute approximate surface area is 101 Å². The number of hydrogen-bond donors (Lipinski definition) is 2. The summed E-state index contributed by atoms with van der Waals surface area (Å²) in [6.45, 7) is 2.03. The fraction of sp³-hybridized carbons (Fsp3) is 0.182. The van der Waals surface area contributed by atoms with Gasteiger partial charge in [0.1, 0.15) is 0 Å². The molecule has 0 aromatic heterocycles. The topological polar surface area (TPSA) is 66.8 Å². The van der Waals surface area contributed by atoms with E-state index in [0.29, 0.717) is 16.6 Å². The molecule has 1 aromatic rings. The van der Waals surface area contributed by atoms with Crippen molar-refractivity contribution in [1.29, 1.82) is 0 Å². The summed E-state index contributed by atoms with van der Waals surface area (Å²) in [5.41, 5.74) is 0.579. The summed E-state index contributed by atoms with van der Waals surface area (Å²) in [5, 5.41) is 18.6. The Kier molecular flexibility index (Phi) is 4.37. The van der Waals surface area contributed by atoms with E-state index in [-0.39, 0.29) is 11.5 Å². The van der Waals surface area contributed by atoms with Crippen molar-refractivity contribution < 1.29 is 19.7 Å². The Balaban J connectivity index is 2.86. The van der Waals surface area contributed by atoms with Gasteiger partial charge < -0.3 is 14.9 Å². The first-order chi connectivity index (χ1) is 7.54. The molecule has 0 spiro atoms. The lowest BCUT2D eigenvalue weighted by atomic mass is 10.2. The average Bonchev–Trinajstić information content (AvgIpc) is 2.23.